The predicted octanol–water partition coefficient (Wildman–Crippen LogP) is 1.09. The van der Waals surface area contributed by atoms with Crippen molar-refractivity contribution in [2.24, 2.45) is 5.92 Å². The summed E-state index contributed by atoms with van der Waals surface area (Å²) in [4.78, 5) is 10.9. The summed E-state index contributed by atoms with van der Waals surface area (Å²) in [5, 5.41) is 0. The fraction of sp³-hybridized carbons (Fsp3) is 0.833. The van der Waals surface area contributed by atoms with Crippen LogP contribution >= 0.6 is 15.9 Å². The molecule has 2 fully saturated rings. The Morgan fingerprint density at radius 2 is 2.56 bits per heavy atom. The van der Waals surface area contributed by atoms with Crippen LogP contribution in [0.3, 0.4) is 0 Å². The monoisotopic (exact) mass is 190 g/mol. The highest BCUT2D eigenvalue weighted by Crippen LogP contribution is 2.55. The molecule has 1 aliphatic heterocycles. The largest absolute Gasteiger partial charge is 0.465 e. The number of cyclic esters (lactones) is 1. The Morgan fingerprint density at radius 1 is 1.78 bits per heavy atom. The Kier molecular flexibility index (Phi) is 0.958. The minimum absolute atomic E-state index is 0.0567. The average molecular weight is 191 g/mol. The van der Waals surface area contributed by atoms with Crippen molar-refractivity contribution in [1.82, 2.24) is 0 Å². The molecule has 1 heterocycles. The molecule has 2 atom stereocenters. The third-order valence-electron chi connectivity index (χ3n) is 2.07. The van der Waals surface area contributed by atoms with E-state index in [1.165, 1.54) is 0 Å². The van der Waals surface area contributed by atoms with Crippen molar-refractivity contribution < 1.29 is 9.53 Å². The zero-order valence-corrected chi connectivity index (χ0v) is 6.48. The molecular weight excluding hydrogens is 184 g/mol. The Bertz CT molecular complexity index is 168. The summed E-state index contributed by atoms with van der Waals surface area (Å²) < 4.78 is 4.60. The average Bonchev–Trinajstić information content (AvgIpc) is 2.44. The van der Waals surface area contributed by atoms with Crippen molar-refractivity contribution in [1.29, 1.82) is 0 Å². The van der Waals surface area contributed by atoms with E-state index in [9.17, 15) is 4.79 Å². The molecule has 0 aromatic heterocycles. The van der Waals surface area contributed by atoms with Gasteiger partial charge in [0.05, 0.1) is 6.61 Å². The molecule has 2 aliphatic rings. The van der Waals surface area contributed by atoms with E-state index >= 15 is 0 Å². The molecule has 1 saturated heterocycles. The van der Waals surface area contributed by atoms with Crippen LogP contribution in [0.1, 0.15) is 12.8 Å². The summed E-state index contributed by atoms with van der Waals surface area (Å²) in [7, 11) is 0. The molecule has 0 spiro atoms. The standard InChI is InChI=1S/C6H7BrO2/c7-6-3-4(6)1-2-9-5(6)8/h4H,1-3H2. The zero-order chi connectivity index (χ0) is 6.48. The number of carbonyl (C=O) groups is 1. The minimum atomic E-state index is -0.245. The first kappa shape index (κ1) is 5.71. The smallest absolute Gasteiger partial charge is 0.323 e. The fourth-order valence-corrected chi connectivity index (χ4v) is 2.03. The molecule has 2 unspecified atom stereocenters. The van der Waals surface area contributed by atoms with Crippen LogP contribution in [0.4, 0.5) is 0 Å². The lowest BCUT2D eigenvalue weighted by molar-refractivity contribution is -0.146. The van der Waals surface area contributed by atoms with Gasteiger partial charge < -0.3 is 4.74 Å². The van der Waals surface area contributed by atoms with Gasteiger partial charge in [-0.3, -0.25) is 4.79 Å². The molecule has 0 aromatic carbocycles. The number of alkyl halides is 1. The summed E-state index contributed by atoms with van der Waals surface area (Å²) in [5.74, 6) is 0.512. The number of esters is 1. The Hall–Kier alpha value is -0.0500. The maximum Gasteiger partial charge on any atom is 0.323 e. The number of fused-ring (bicyclic) bond motifs is 1. The lowest BCUT2D eigenvalue weighted by Crippen LogP contribution is -2.26. The van der Waals surface area contributed by atoms with Gasteiger partial charge in [0.1, 0.15) is 4.32 Å². The molecule has 9 heavy (non-hydrogen) atoms. The maximum atomic E-state index is 10.9. The maximum absolute atomic E-state index is 10.9. The lowest BCUT2D eigenvalue weighted by Gasteiger charge is -2.14. The van der Waals surface area contributed by atoms with Crippen molar-refractivity contribution in [3.05, 3.63) is 0 Å². The van der Waals surface area contributed by atoms with Crippen LogP contribution in [-0.2, 0) is 9.53 Å². The van der Waals surface area contributed by atoms with Gasteiger partial charge in [-0.05, 0) is 18.8 Å². The highest BCUT2D eigenvalue weighted by Gasteiger charge is 2.61. The predicted molar refractivity (Wildman–Crippen MR) is 35.3 cm³/mol. The van der Waals surface area contributed by atoms with Gasteiger partial charge in [0.2, 0.25) is 0 Å². The topological polar surface area (TPSA) is 26.3 Å². The molecule has 2 rings (SSSR count). The van der Waals surface area contributed by atoms with Crippen LogP contribution in [0.25, 0.3) is 0 Å². The van der Waals surface area contributed by atoms with Crippen LogP contribution in [0, 0.1) is 5.92 Å². The molecule has 1 saturated carbocycles. The van der Waals surface area contributed by atoms with Crippen molar-refractivity contribution in [2.75, 3.05) is 6.61 Å². The van der Waals surface area contributed by atoms with Crippen molar-refractivity contribution in [3.63, 3.8) is 0 Å². The van der Waals surface area contributed by atoms with E-state index in [2.05, 4.69) is 15.9 Å². The van der Waals surface area contributed by atoms with E-state index < -0.39 is 0 Å². The van der Waals surface area contributed by atoms with Crippen molar-refractivity contribution in [3.8, 4) is 0 Å². The molecule has 0 radical (unpaired) electrons. The number of hydrogen-bond donors (Lipinski definition) is 0. The van der Waals surface area contributed by atoms with Crippen LogP contribution in [0.15, 0.2) is 0 Å². The zero-order valence-electron chi connectivity index (χ0n) is 4.89. The van der Waals surface area contributed by atoms with Crippen LogP contribution in [-0.4, -0.2) is 16.9 Å². The Balaban J connectivity index is 2.19. The Labute approximate surface area is 61.7 Å². The fourth-order valence-electron chi connectivity index (χ4n) is 1.29. The molecule has 0 aromatic rings. The summed E-state index contributed by atoms with van der Waals surface area (Å²) >= 11 is 3.36. The highest BCUT2D eigenvalue weighted by atomic mass is 79.9. The SMILES string of the molecule is O=C1OCCC2CC12Br. The number of ether oxygens (including phenoxy) is 1. The van der Waals surface area contributed by atoms with Crippen LogP contribution in [0.5, 0.6) is 0 Å². The van der Waals surface area contributed by atoms with Crippen molar-refractivity contribution >= 4 is 21.9 Å². The molecule has 1 aliphatic carbocycles. The number of carbonyl (C=O) groups excluding carboxylic acids is 1. The number of halogens is 1. The molecule has 50 valence electrons. The molecule has 2 nitrogen and oxygen atoms in total. The first-order valence-corrected chi connectivity index (χ1v) is 3.89. The first-order chi connectivity index (χ1) is 4.23. The molecule has 0 bridgehead atoms. The van der Waals surface area contributed by atoms with Gasteiger partial charge in [-0.1, -0.05) is 15.9 Å². The van der Waals surface area contributed by atoms with Gasteiger partial charge in [0.15, 0.2) is 0 Å². The van der Waals surface area contributed by atoms with E-state index in [-0.39, 0.29) is 10.3 Å². The lowest BCUT2D eigenvalue weighted by atomic mass is 10.2. The minimum Gasteiger partial charge on any atom is -0.465 e. The first-order valence-electron chi connectivity index (χ1n) is 3.09. The molecule has 3 heteroatoms. The van der Waals surface area contributed by atoms with E-state index in [0.717, 1.165) is 12.8 Å². The van der Waals surface area contributed by atoms with E-state index in [0.29, 0.717) is 12.5 Å². The van der Waals surface area contributed by atoms with Crippen LogP contribution < -0.4 is 0 Å². The quantitative estimate of drug-likeness (QED) is 0.423. The van der Waals surface area contributed by atoms with Gasteiger partial charge in [-0.15, -0.1) is 0 Å². The van der Waals surface area contributed by atoms with Crippen molar-refractivity contribution in [2.45, 2.75) is 17.2 Å². The molecular formula is C6H7BrO2. The van der Waals surface area contributed by atoms with Gasteiger partial charge >= 0.3 is 5.97 Å². The summed E-state index contributed by atoms with van der Waals surface area (Å²) in [6.07, 6.45) is 2.02. The van der Waals surface area contributed by atoms with E-state index in [1.54, 1.807) is 0 Å². The Morgan fingerprint density at radius 3 is 3.11 bits per heavy atom. The van der Waals surface area contributed by atoms with Gasteiger partial charge in [0, 0.05) is 0 Å². The second kappa shape index (κ2) is 1.51. The number of hydrogen-bond acceptors (Lipinski definition) is 2. The summed E-state index contributed by atoms with van der Waals surface area (Å²) in [5.41, 5.74) is 0. The normalized spacial score (nSPS) is 47.7. The number of rotatable bonds is 0. The summed E-state index contributed by atoms with van der Waals surface area (Å²) in [6.45, 7) is 0.622. The second-order valence-corrected chi connectivity index (χ2v) is 4.10. The van der Waals surface area contributed by atoms with Crippen LogP contribution in [0.2, 0.25) is 0 Å². The molecule has 0 amide bonds. The van der Waals surface area contributed by atoms with Gasteiger partial charge in [-0.2, -0.15) is 0 Å². The molecule has 0 N–H and O–H groups in total. The highest BCUT2D eigenvalue weighted by molar-refractivity contribution is 9.10. The second-order valence-electron chi connectivity index (χ2n) is 2.69. The third-order valence-corrected chi connectivity index (χ3v) is 3.36. The van der Waals surface area contributed by atoms with E-state index in [4.69, 9.17) is 4.74 Å². The van der Waals surface area contributed by atoms with E-state index in [1.807, 2.05) is 0 Å². The third kappa shape index (κ3) is 0.641. The van der Waals surface area contributed by atoms with Gasteiger partial charge in [-0.25, -0.2) is 0 Å². The summed E-state index contributed by atoms with van der Waals surface area (Å²) in [6, 6.07) is 0. The van der Waals surface area contributed by atoms with Gasteiger partial charge in [0.25, 0.3) is 0 Å².